The largest absolute Gasteiger partial charge is 0.489 e. The SMILES string of the molecule is O=Cc1ccc(C2CCNCC2)c2c1OCCCO2. The van der Waals surface area contributed by atoms with Gasteiger partial charge >= 0.3 is 0 Å². The average molecular weight is 261 g/mol. The third-order valence-electron chi connectivity index (χ3n) is 3.86. The molecule has 1 N–H and O–H groups in total. The van der Waals surface area contributed by atoms with Crippen molar-refractivity contribution in [1.29, 1.82) is 0 Å². The van der Waals surface area contributed by atoms with Gasteiger partial charge in [-0.2, -0.15) is 0 Å². The lowest BCUT2D eigenvalue weighted by molar-refractivity contribution is 0.111. The first kappa shape index (κ1) is 12.5. The normalized spacial score (nSPS) is 19.8. The maximum Gasteiger partial charge on any atom is 0.171 e. The number of ether oxygens (including phenoxy) is 2. The molecule has 4 heteroatoms. The van der Waals surface area contributed by atoms with E-state index < -0.39 is 0 Å². The molecule has 0 amide bonds. The first-order valence-electron chi connectivity index (χ1n) is 6.98. The van der Waals surface area contributed by atoms with Gasteiger partial charge in [-0.1, -0.05) is 6.07 Å². The smallest absolute Gasteiger partial charge is 0.171 e. The fourth-order valence-corrected chi connectivity index (χ4v) is 2.85. The first-order valence-corrected chi connectivity index (χ1v) is 6.98. The number of benzene rings is 1. The summed E-state index contributed by atoms with van der Waals surface area (Å²) in [4.78, 5) is 11.1. The first-order chi connectivity index (χ1) is 9.40. The van der Waals surface area contributed by atoms with Gasteiger partial charge in [-0.05, 0) is 37.9 Å². The molecule has 0 bridgehead atoms. The van der Waals surface area contributed by atoms with Crippen LogP contribution in [0.25, 0.3) is 0 Å². The van der Waals surface area contributed by atoms with Gasteiger partial charge in [-0.3, -0.25) is 4.79 Å². The van der Waals surface area contributed by atoms with Crippen molar-refractivity contribution in [2.24, 2.45) is 0 Å². The molecule has 1 fully saturated rings. The third-order valence-corrected chi connectivity index (χ3v) is 3.86. The quantitative estimate of drug-likeness (QED) is 0.828. The number of aldehydes is 1. The maximum atomic E-state index is 11.1. The highest BCUT2D eigenvalue weighted by Gasteiger charge is 2.25. The number of nitrogens with one attached hydrogen (secondary N) is 1. The van der Waals surface area contributed by atoms with Crippen LogP contribution in [0.2, 0.25) is 0 Å². The Morgan fingerprint density at radius 2 is 1.84 bits per heavy atom. The molecule has 0 spiro atoms. The Bertz CT molecular complexity index is 467. The van der Waals surface area contributed by atoms with Gasteiger partial charge in [0.05, 0.1) is 18.8 Å². The van der Waals surface area contributed by atoms with Gasteiger partial charge in [0.2, 0.25) is 0 Å². The fourth-order valence-electron chi connectivity index (χ4n) is 2.85. The monoisotopic (exact) mass is 261 g/mol. The van der Waals surface area contributed by atoms with Crippen molar-refractivity contribution in [2.45, 2.75) is 25.2 Å². The van der Waals surface area contributed by atoms with Crippen LogP contribution >= 0.6 is 0 Å². The van der Waals surface area contributed by atoms with E-state index in [1.165, 1.54) is 5.56 Å². The Hall–Kier alpha value is -1.55. The highest BCUT2D eigenvalue weighted by Crippen LogP contribution is 2.42. The summed E-state index contributed by atoms with van der Waals surface area (Å²) in [6.45, 7) is 3.35. The minimum absolute atomic E-state index is 0.498. The molecule has 19 heavy (non-hydrogen) atoms. The molecule has 1 aromatic rings. The molecule has 102 valence electrons. The maximum absolute atomic E-state index is 11.1. The third kappa shape index (κ3) is 2.45. The molecule has 2 aliphatic heterocycles. The van der Waals surface area contributed by atoms with E-state index in [1.54, 1.807) is 0 Å². The van der Waals surface area contributed by atoms with E-state index in [4.69, 9.17) is 9.47 Å². The van der Waals surface area contributed by atoms with Crippen molar-refractivity contribution in [3.05, 3.63) is 23.3 Å². The van der Waals surface area contributed by atoms with Crippen LogP contribution in [0.5, 0.6) is 11.5 Å². The average Bonchev–Trinajstić information content (AvgIpc) is 2.73. The Kier molecular flexibility index (Phi) is 3.69. The Balaban J connectivity index is 2.01. The lowest BCUT2D eigenvalue weighted by atomic mass is 9.88. The number of rotatable bonds is 2. The topological polar surface area (TPSA) is 47.6 Å². The zero-order valence-electron chi connectivity index (χ0n) is 11.0. The number of fused-ring (bicyclic) bond motifs is 1. The number of carbonyl (C=O) groups excluding carboxylic acids is 1. The Morgan fingerprint density at radius 3 is 2.58 bits per heavy atom. The fraction of sp³-hybridized carbons (Fsp3) is 0.533. The summed E-state index contributed by atoms with van der Waals surface area (Å²) in [7, 11) is 0. The van der Waals surface area contributed by atoms with Gasteiger partial charge in [0.15, 0.2) is 17.8 Å². The molecular formula is C15H19NO3. The minimum atomic E-state index is 0.498. The molecule has 2 aliphatic rings. The van der Waals surface area contributed by atoms with Crippen LogP contribution in [0.1, 0.15) is 41.1 Å². The van der Waals surface area contributed by atoms with Gasteiger partial charge in [0.25, 0.3) is 0 Å². The van der Waals surface area contributed by atoms with E-state index in [2.05, 4.69) is 5.32 Å². The van der Waals surface area contributed by atoms with Gasteiger partial charge < -0.3 is 14.8 Å². The van der Waals surface area contributed by atoms with Crippen LogP contribution in [-0.2, 0) is 0 Å². The van der Waals surface area contributed by atoms with Crippen molar-refractivity contribution in [3.8, 4) is 11.5 Å². The van der Waals surface area contributed by atoms with E-state index in [0.717, 1.165) is 44.4 Å². The second kappa shape index (κ2) is 5.61. The summed E-state index contributed by atoms with van der Waals surface area (Å²) in [6, 6.07) is 3.89. The number of piperidine rings is 1. The van der Waals surface area contributed by atoms with Crippen LogP contribution in [-0.4, -0.2) is 32.6 Å². The van der Waals surface area contributed by atoms with E-state index in [-0.39, 0.29) is 0 Å². The van der Waals surface area contributed by atoms with Gasteiger partial charge in [-0.15, -0.1) is 0 Å². The zero-order valence-corrected chi connectivity index (χ0v) is 11.0. The molecule has 3 rings (SSSR count). The van der Waals surface area contributed by atoms with Crippen molar-refractivity contribution < 1.29 is 14.3 Å². The van der Waals surface area contributed by atoms with Crippen LogP contribution in [0.4, 0.5) is 0 Å². The highest BCUT2D eigenvalue weighted by molar-refractivity contribution is 5.82. The number of hydrogen-bond donors (Lipinski definition) is 1. The molecule has 0 radical (unpaired) electrons. The lowest BCUT2D eigenvalue weighted by Crippen LogP contribution is -2.26. The summed E-state index contributed by atoms with van der Waals surface area (Å²) in [5, 5.41) is 3.37. The molecule has 0 atom stereocenters. The predicted molar refractivity (Wildman–Crippen MR) is 72.3 cm³/mol. The summed E-state index contributed by atoms with van der Waals surface area (Å²) in [6.07, 6.45) is 3.92. The predicted octanol–water partition coefficient (Wildman–Crippen LogP) is 2.13. The molecule has 1 saturated heterocycles. The van der Waals surface area contributed by atoms with Crippen molar-refractivity contribution in [1.82, 2.24) is 5.32 Å². The summed E-state index contributed by atoms with van der Waals surface area (Å²) >= 11 is 0. The second-order valence-corrected chi connectivity index (χ2v) is 5.09. The summed E-state index contributed by atoms with van der Waals surface area (Å²) in [5.74, 6) is 1.94. The minimum Gasteiger partial charge on any atom is -0.489 e. The van der Waals surface area contributed by atoms with Gasteiger partial charge in [0.1, 0.15) is 0 Å². The summed E-state index contributed by atoms with van der Waals surface area (Å²) < 4.78 is 11.6. The van der Waals surface area contributed by atoms with Gasteiger partial charge in [0, 0.05) is 12.0 Å². The zero-order chi connectivity index (χ0) is 13.1. The van der Waals surface area contributed by atoms with Crippen molar-refractivity contribution in [3.63, 3.8) is 0 Å². The molecule has 0 aliphatic carbocycles. The van der Waals surface area contributed by atoms with Crippen LogP contribution in [0.15, 0.2) is 12.1 Å². The van der Waals surface area contributed by atoms with Crippen molar-refractivity contribution >= 4 is 6.29 Å². The van der Waals surface area contributed by atoms with Crippen LogP contribution < -0.4 is 14.8 Å². The Morgan fingerprint density at radius 1 is 1.11 bits per heavy atom. The van der Waals surface area contributed by atoms with E-state index in [0.29, 0.717) is 30.4 Å². The number of carbonyl (C=O) groups is 1. The van der Waals surface area contributed by atoms with Crippen LogP contribution in [0, 0.1) is 0 Å². The van der Waals surface area contributed by atoms with Gasteiger partial charge in [-0.25, -0.2) is 0 Å². The highest BCUT2D eigenvalue weighted by atomic mass is 16.5. The van der Waals surface area contributed by atoms with E-state index in [1.807, 2.05) is 12.1 Å². The second-order valence-electron chi connectivity index (χ2n) is 5.09. The lowest BCUT2D eigenvalue weighted by Gasteiger charge is -2.25. The molecule has 4 nitrogen and oxygen atoms in total. The molecule has 0 aromatic heterocycles. The molecule has 0 saturated carbocycles. The molecule has 1 aromatic carbocycles. The molecular weight excluding hydrogens is 242 g/mol. The van der Waals surface area contributed by atoms with E-state index >= 15 is 0 Å². The van der Waals surface area contributed by atoms with Crippen molar-refractivity contribution in [2.75, 3.05) is 26.3 Å². The van der Waals surface area contributed by atoms with Crippen LogP contribution in [0.3, 0.4) is 0 Å². The molecule has 0 unspecified atom stereocenters. The Labute approximate surface area is 113 Å². The number of hydrogen-bond acceptors (Lipinski definition) is 4. The molecule has 2 heterocycles. The standard InChI is InChI=1S/C15H19NO3/c17-10-12-2-3-13(11-4-6-16-7-5-11)15-14(12)18-8-1-9-19-15/h2-3,10-11,16H,1,4-9H2. The summed E-state index contributed by atoms with van der Waals surface area (Å²) in [5.41, 5.74) is 1.79. The van der Waals surface area contributed by atoms with E-state index in [9.17, 15) is 4.79 Å².